The fraction of sp³-hybridized carbons (Fsp3) is 0.185. The monoisotopic (exact) mass is 534 g/mol. The molecule has 0 unspecified atom stereocenters. The zero-order chi connectivity index (χ0) is 26.2. The van der Waals surface area contributed by atoms with Gasteiger partial charge in [-0.15, -0.1) is 28.1 Å². The number of thiophene rings is 1. The number of thioether (sulfide) groups is 1. The van der Waals surface area contributed by atoms with E-state index < -0.39 is 5.97 Å². The Morgan fingerprint density at radius 3 is 2.65 bits per heavy atom. The second-order valence-electron chi connectivity index (χ2n) is 7.71. The molecule has 1 N–H and O–H groups in total. The van der Waals surface area contributed by atoms with Crippen LogP contribution >= 0.6 is 23.1 Å². The van der Waals surface area contributed by atoms with Gasteiger partial charge in [0.1, 0.15) is 16.3 Å². The first-order valence-electron chi connectivity index (χ1n) is 11.5. The van der Waals surface area contributed by atoms with Gasteiger partial charge >= 0.3 is 5.97 Å². The van der Waals surface area contributed by atoms with Crippen LogP contribution in [0, 0.1) is 0 Å². The molecule has 0 saturated heterocycles. The van der Waals surface area contributed by atoms with Crippen LogP contribution in [0.3, 0.4) is 0 Å². The molecular weight excluding hydrogens is 508 g/mol. The third-order valence-electron chi connectivity index (χ3n) is 5.30. The number of carbonyl (C=O) groups is 2. The van der Waals surface area contributed by atoms with Gasteiger partial charge in [-0.1, -0.05) is 60.3 Å². The predicted octanol–water partition coefficient (Wildman–Crippen LogP) is 5.78. The van der Waals surface area contributed by atoms with Crippen molar-refractivity contribution in [2.75, 3.05) is 24.8 Å². The number of carbonyl (C=O) groups excluding carboxylic acids is 2. The van der Waals surface area contributed by atoms with E-state index in [1.165, 1.54) is 23.1 Å². The molecule has 0 aliphatic carbocycles. The summed E-state index contributed by atoms with van der Waals surface area (Å²) in [4.78, 5) is 25.7. The highest BCUT2D eigenvalue weighted by Crippen LogP contribution is 2.36. The Kier molecular flexibility index (Phi) is 8.76. The Balaban J connectivity index is 1.52. The number of hydrogen-bond donors (Lipinski definition) is 1. The SMILES string of the molecule is C=CCn1c(SCC(=O)Nc2scc(-c3ccccc3)c2C(=O)OCC)nnc1-c1cccc(OC)c1. The maximum atomic E-state index is 12.9. The molecule has 4 aromatic rings. The van der Waals surface area contributed by atoms with Gasteiger partial charge in [-0.25, -0.2) is 4.79 Å². The van der Waals surface area contributed by atoms with E-state index in [1.54, 1.807) is 20.1 Å². The van der Waals surface area contributed by atoms with E-state index in [9.17, 15) is 9.59 Å². The Morgan fingerprint density at radius 1 is 1.14 bits per heavy atom. The summed E-state index contributed by atoms with van der Waals surface area (Å²) in [6.07, 6.45) is 1.75. The maximum Gasteiger partial charge on any atom is 0.341 e. The van der Waals surface area contributed by atoms with Crippen LogP contribution < -0.4 is 10.1 Å². The second-order valence-corrected chi connectivity index (χ2v) is 9.54. The van der Waals surface area contributed by atoms with E-state index >= 15 is 0 Å². The van der Waals surface area contributed by atoms with Gasteiger partial charge < -0.3 is 14.8 Å². The molecule has 0 aliphatic rings. The topological polar surface area (TPSA) is 95.3 Å². The number of nitrogens with zero attached hydrogens (tertiary/aromatic N) is 3. The average Bonchev–Trinajstić information content (AvgIpc) is 3.52. The van der Waals surface area contributed by atoms with Crippen LogP contribution in [0.25, 0.3) is 22.5 Å². The maximum absolute atomic E-state index is 12.9. The van der Waals surface area contributed by atoms with Crippen LogP contribution in [-0.4, -0.2) is 46.1 Å². The molecule has 2 aromatic heterocycles. The summed E-state index contributed by atoms with van der Waals surface area (Å²) in [6.45, 7) is 6.29. The summed E-state index contributed by atoms with van der Waals surface area (Å²) in [5.41, 5.74) is 2.79. The quantitative estimate of drug-likeness (QED) is 0.148. The minimum Gasteiger partial charge on any atom is -0.497 e. The van der Waals surface area contributed by atoms with Crippen molar-refractivity contribution in [2.24, 2.45) is 0 Å². The number of esters is 1. The van der Waals surface area contributed by atoms with Gasteiger partial charge in [-0.2, -0.15) is 0 Å². The van der Waals surface area contributed by atoms with Crippen molar-refractivity contribution in [1.29, 1.82) is 0 Å². The van der Waals surface area contributed by atoms with Gasteiger partial charge in [-0.3, -0.25) is 9.36 Å². The number of benzene rings is 2. The number of anilines is 1. The van der Waals surface area contributed by atoms with Crippen molar-refractivity contribution < 1.29 is 19.1 Å². The van der Waals surface area contributed by atoms with Gasteiger partial charge in [-0.05, 0) is 24.6 Å². The lowest BCUT2D eigenvalue weighted by Crippen LogP contribution is -2.17. The number of nitrogens with one attached hydrogen (secondary N) is 1. The standard InChI is InChI=1S/C27H26N4O4S2/c1-4-14-31-24(19-12-9-13-20(15-19)34-3)29-30-27(31)37-17-22(32)28-25-23(26(33)35-5-2)21(16-36-25)18-10-7-6-8-11-18/h4,6-13,15-16H,1,5,14,17H2,2-3H3,(H,28,32). The summed E-state index contributed by atoms with van der Waals surface area (Å²) in [5.74, 6) is 0.695. The lowest BCUT2D eigenvalue weighted by molar-refractivity contribution is -0.113. The highest BCUT2D eigenvalue weighted by Gasteiger charge is 2.23. The van der Waals surface area contributed by atoms with Crippen molar-refractivity contribution in [2.45, 2.75) is 18.6 Å². The minimum atomic E-state index is -0.473. The van der Waals surface area contributed by atoms with Crippen LogP contribution in [-0.2, 0) is 16.1 Å². The Morgan fingerprint density at radius 2 is 1.92 bits per heavy atom. The van der Waals surface area contributed by atoms with Crippen LogP contribution in [0.15, 0.2) is 77.8 Å². The zero-order valence-corrected chi connectivity index (χ0v) is 22.1. The molecule has 0 radical (unpaired) electrons. The fourth-order valence-corrected chi connectivity index (χ4v) is 5.36. The van der Waals surface area contributed by atoms with Crippen LogP contribution in [0.2, 0.25) is 0 Å². The molecule has 0 atom stereocenters. The third-order valence-corrected chi connectivity index (χ3v) is 7.16. The lowest BCUT2D eigenvalue weighted by atomic mass is 10.0. The minimum absolute atomic E-state index is 0.0776. The number of allylic oxidation sites excluding steroid dienone is 1. The van der Waals surface area contributed by atoms with E-state index in [-0.39, 0.29) is 18.3 Å². The smallest absolute Gasteiger partial charge is 0.341 e. The number of methoxy groups -OCH3 is 1. The third kappa shape index (κ3) is 6.10. The second kappa shape index (κ2) is 12.4. The van der Waals surface area contributed by atoms with E-state index in [2.05, 4.69) is 22.1 Å². The Hall–Kier alpha value is -3.89. The van der Waals surface area contributed by atoms with Gasteiger partial charge in [0.15, 0.2) is 11.0 Å². The number of hydrogen-bond acceptors (Lipinski definition) is 8. The Bertz CT molecular complexity index is 1400. The molecule has 1 amide bonds. The summed E-state index contributed by atoms with van der Waals surface area (Å²) >= 11 is 2.55. The molecule has 8 nitrogen and oxygen atoms in total. The molecule has 2 aromatic carbocycles. The fourth-order valence-electron chi connectivity index (χ4n) is 3.64. The molecule has 10 heteroatoms. The molecule has 0 bridgehead atoms. The average molecular weight is 535 g/mol. The molecule has 4 rings (SSSR count). The highest BCUT2D eigenvalue weighted by molar-refractivity contribution is 7.99. The first-order valence-corrected chi connectivity index (χ1v) is 13.4. The predicted molar refractivity (Wildman–Crippen MR) is 147 cm³/mol. The molecule has 0 fully saturated rings. The first-order chi connectivity index (χ1) is 18.0. The summed E-state index contributed by atoms with van der Waals surface area (Å²) in [5, 5.41) is 14.4. The van der Waals surface area contributed by atoms with E-state index in [4.69, 9.17) is 9.47 Å². The first kappa shape index (κ1) is 26.2. The van der Waals surface area contributed by atoms with Crippen LogP contribution in [0.1, 0.15) is 17.3 Å². The van der Waals surface area contributed by atoms with Crippen LogP contribution in [0.5, 0.6) is 5.75 Å². The summed E-state index contributed by atoms with van der Waals surface area (Å²) < 4.78 is 12.5. The molecule has 2 heterocycles. The van der Waals surface area contributed by atoms with E-state index in [0.717, 1.165) is 16.7 Å². The molecule has 0 spiro atoms. The molecule has 0 saturated carbocycles. The number of rotatable bonds is 11. The van der Waals surface area contributed by atoms with Crippen molar-refractivity contribution in [1.82, 2.24) is 14.8 Å². The summed E-state index contributed by atoms with van der Waals surface area (Å²) in [7, 11) is 1.61. The lowest BCUT2D eigenvalue weighted by Gasteiger charge is -2.10. The zero-order valence-electron chi connectivity index (χ0n) is 20.5. The normalized spacial score (nSPS) is 10.6. The largest absolute Gasteiger partial charge is 0.497 e. The number of aromatic nitrogens is 3. The molecular formula is C27H26N4O4S2. The molecule has 37 heavy (non-hydrogen) atoms. The molecule has 190 valence electrons. The number of ether oxygens (including phenoxy) is 2. The highest BCUT2D eigenvalue weighted by atomic mass is 32.2. The van der Waals surface area contributed by atoms with Gasteiger partial charge in [0.25, 0.3) is 0 Å². The number of amides is 1. The molecule has 0 aliphatic heterocycles. The van der Waals surface area contributed by atoms with Crippen molar-refractivity contribution in [3.63, 3.8) is 0 Å². The summed E-state index contributed by atoms with van der Waals surface area (Å²) in [6, 6.07) is 17.1. The van der Waals surface area contributed by atoms with E-state index in [1.807, 2.05) is 64.5 Å². The Labute approximate surface area is 223 Å². The van der Waals surface area contributed by atoms with Crippen molar-refractivity contribution >= 4 is 40.0 Å². The van der Waals surface area contributed by atoms with Gasteiger partial charge in [0, 0.05) is 23.1 Å². The van der Waals surface area contributed by atoms with Gasteiger partial charge in [0.2, 0.25) is 5.91 Å². The van der Waals surface area contributed by atoms with Crippen LogP contribution in [0.4, 0.5) is 5.00 Å². The van der Waals surface area contributed by atoms with Crippen molar-refractivity contribution in [3.05, 3.63) is 78.2 Å². The van der Waals surface area contributed by atoms with Crippen molar-refractivity contribution in [3.8, 4) is 28.3 Å². The van der Waals surface area contributed by atoms with E-state index in [0.29, 0.717) is 33.8 Å². The van der Waals surface area contributed by atoms with Gasteiger partial charge in [0.05, 0.1) is 19.5 Å².